The van der Waals surface area contributed by atoms with Gasteiger partial charge in [0.05, 0.1) is 5.92 Å². The maximum atomic E-state index is 12.4. The van der Waals surface area contributed by atoms with Crippen LogP contribution in [0.5, 0.6) is 0 Å². The SMILES string of the molecule is CC(=O)N1CCC[C@H](C(=O)N[C@H](C)c2nc3ccccc3o2)C1. The highest BCUT2D eigenvalue weighted by molar-refractivity contribution is 5.81. The van der Waals surface area contributed by atoms with Gasteiger partial charge in [-0.25, -0.2) is 4.98 Å². The number of benzene rings is 1. The summed E-state index contributed by atoms with van der Waals surface area (Å²) in [5.74, 6) is 0.304. The number of piperidine rings is 1. The van der Waals surface area contributed by atoms with Gasteiger partial charge in [0.15, 0.2) is 5.58 Å². The highest BCUT2D eigenvalue weighted by Gasteiger charge is 2.28. The third kappa shape index (κ3) is 3.36. The van der Waals surface area contributed by atoms with Crippen LogP contribution in [0.2, 0.25) is 0 Å². The minimum atomic E-state index is -0.303. The number of para-hydroxylation sites is 2. The van der Waals surface area contributed by atoms with Crippen molar-refractivity contribution in [3.63, 3.8) is 0 Å². The summed E-state index contributed by atoms with van der Waals surface area (Å²) in [5.41, 5.74) is 1.49. The molecule has 122 valence electrons. The maximum absolute atomic E-state index is 12.4. The van der Waals surface area contributed by atoms with Crippen LogP contribution in [0.1, 0.15) is 38.6 Å². The Morgan fingerprint density at radius 3 is 2.91 bits per heavy atom. The van der Waals surface area contributed by atoms with Gasteiger partial charge >= 0.3 is 0 Å². The quantitative estimate of drug-likeness (QED) is 0.942. The van der Waals surface area contributed by atoms with E-state index in [2.05, 4.69) is 10.3 Å². The number of hydrogen-bond donors (Lipinski definition) is 1. The van der Waals surface area contributed by atoms with Gasteiger partial charge in [0.25, 0.3) is 0 Å². The van der Waals surface area contributed by atoms with E-state index < -0.39 is 0 Å². The van der Waals surface area contributed by atoms with Gasteiger partial charge in [-0.1, -0.05) is 12.1 Å². The van der Waals surface area contributed by atoms with Crippen molar-refractivity contribution in [2.45, 2.75) is 32.7 Å². The van der Waals surface area contributed by atoms with Crippen LogP contribution in [0, 0.1) is 5.92 Å². The molecule has 1 aliphatic heterocycles. The lowest BCUT2D eigenvalue weighted by Crippen LogP contribution is -2.45. The Bertz CT molecular complexity index is 692. The molecule has 1 aliphatic rings. The smallest absolute Gasteiger partial charge is 0.225 e. The molecule has 6 heteroatoms. The number of nitrogens with zero attached hydrogens (tertiary/aromatic N) is 2. The Morgan fingerprint density at radius 2 is 2.17 bits per heavy atom. The fourth-order valence-electron chi connectivity index (χ4n) is 2.95. The van der Waals surface area contributed by atoms with Gasteiger partial charge in [0, 0.05) is 20.0 Å². The number of rotatable bonds is 3. The van der Waals surface area contributed by atoms with E-state index in [1.54, 1.807) is 11.8 Å². The monoisotopic (exact) mass is 315 g/mol. The Balaban J connectivity index is 1.65. The van der Waals surface area contributed by atoms with E-state index in [0.29, 0.717) is 18.0 Å². The summed E-state index contributed by atoms with van der Waals surface area (Å²) in [6.45, 7) is 4.62. The first-order chi connectivity index (χ1) is 11.0. The summed E-state index contributed by atoms with van der Waals surface area (Å²) in [6.07, 6.45) is 1.66. The zero-order chi connectivity index (χ0) is 16.4. The normalized spacial score (nSPS) is 19.6. The van der Waals surface area contributed by atoms with Gasteiger partial charge in [0.1, 0.15) is 11.6 Å². The van der Waals surface area contributed by atoms with Gasteiger partial charge < -0.3 is 14.6 Å². The fraction of sp³-hybridized carbons (Fsp3) is 0.471. The number of oxazole rings is 1. The van der Waals surface area contributed by atoms with Crippen LogP contribution in [-0.2, 0) is 9.59 Å². The van der Waals surface area contributed by atoms with Crippen molar-refractivity contribution in [2.75, 3.05) is 13.1 Å². The topological polar surface area (TPSA) is 75.4 Å². The van der Waals surface area contributed by atoms with E-state index in [4.69, 9.17) is 4.42 Å². The summed E-state index contributed by atoms with van der Waals surface area (Å²) >= 11 is 0. The summed E-state index contributed by atoms with van der Waals surface area (Å²) in [5, 5.41) is 2.95. The Kier molecular flexibility index (Phi) is 4.32. The Labute approximate surface area is 134 Å². The highest BCUT2D eigenvalue weighted by Crippen LogP contribution is 2.21. The van der Waals surface area contributed by atoms with Crippen LogP contribution < -0.4 is 5.32 Å². The molecule has 0 saturated carbocycles. The number of amides is 2. The molecular formula is C17H21N3O3. The molecule has 1 saturated heterocycles. The molecule has 2 atom stereocenters. The molecule has 1 N–H and O–H groups in total. The van der Waals surface area contributed by atoms with Crippen LogP contribution in [0.25, 0.3) is 11.1 Å². The number of likely N-dealkylation sites (tertiary alicyclic amines) is 1. The molecule has 1 aromatic carbocycles. The molecule has 0 unspecified atom stereocenters. The minimum absolute atomic E-state index is 0.0227. The first kappa shape index (κ1) is 15.5. The third-order valence-electron chi connectivity index (χ3n) is 4.28. The van der Waals surface area contributed by atoms with Crippen molar-refractivity contribution in [3.05, 3.63) is 30.2 Å². The van der Waals surface area contributed by atoms with Gasteiger partial charge in [-0.05, 0) is 31.9 Å². The first-order valence-corrected chi connectivity index (χ1v) is 7.96. The Morgan fingerprint density at radius 1 is 1.39 bits per heavy atom. The minimum Gasteiger partial charge on any atom is -0.438 e. The number of hydrogen-bond acceptors (Lipinski definition) is 4. The van der Waals surface area contributed by atoms with E-state index in [9.17, 15) is 9.59 Å². The van der Waals surface area contributed by atoms with Crippen LogP contribution in [0.15, 0.2) is 28.7 Å². The van der Waals surface area contributed by atoms with Crippen molar-refractivity contribution in [3.8, 4) is 0 Å². The molecule has 0 aliphatic carbocycles. The molecule has 0 spiro atoms. The zero-order valence-corrected chi connectivity index (χ0v) is 13.4. The second kappa shape index (κ2) is 6.40. The zero-order valence-electron chi connectivity index (χ0n) is 13.4. The summed E-state index contributed by atoms with van der Waals surface area (Å²) in [6, 6.07) is 7.21. The predicted octanol–water partition coefficient (Wildman–Crippen LogP) is 2.26. The molecule has 3 rings (SSSR count). The number of carbonyl (C=O) groups excluding carboxylic acids is 2. The van der Waals surface area contributed by atoms with Crippen LogP contribution in [0.4, 0.5) is 0 Å². The van der Waals surface area contributed by atoms with Crippen LogP contribution in [0.3, 0.4) is 0 Å². The molecular weight excluding hydrogens is 294 g/mol. The number of carbonyl (C=O) groups is 2. The van der Waals surface area contributed by atoms with Crippen molar-refractivity contribution >= 4 is 22.9 Å². The molecule has 1 fully saturated rings. The first-order valence-electron chi connectivity index (χ1n) is 7.96. The second-order valence-electron chi connectivity index (χ2n) is 6.05. The van der Waals surface area contributed by atoms with Crippen molar-refractivity contribution < 1.29 is 14.0 Å². The average molecular weight is 315 g/mol. The lowest BCUT2D eigenvalue weighted by atomic mass is 9.97. The van der Waals surface area contributed by atoms with Crippen molar-refractivity contribution in [2.24, 2.45) is 5.92 Å². The van der Waals surface area contributed by atoms with Gasteiger partial charge in [-0.15, -0.1) is 0 Å². The number of aromatic nitrogens is 1. The number of nitrogens with one attached hydrogen (secondary N) is 1. The number of fused-ring (bicyclic) bond motifs is 1. The standard InChI is InChI=1S/C17H21N3O3/c1-11(17-19-14-7-3-4-8-15(14)23-17)18-16(22)13-6-5-9-20(10-13)12(2)21/h3-4,7-8,11,13H,5-6,9-10H2,1-2H3,(H,18,22)/t11-,13+/m1/s1. The van der Waals surface area contributed by atoms with Gasteiger partial charge in [0.2, 0.25) is 17.7 Å². The lowest BCUT2D eigenvalue weighted by Gasteiger charge is -2.31. The highest BCUT2D eigenvalue weighted by atomic mass is 16.3. The average Bonchev–Trinajstić information content (AvgIpc) is 2.99. The van der Waals surface area contributed by atoms with E-state index in [1.165, 1.54) is 0 Å². The third-order valence-corrected chi connectivity index (χ3v) is 4.28. The van der Waals surface area contributed by atoms with Crippen molar-refractivity contribution in [1.82, 2.24) is 15.2 Å². The maximum Gasteiger partial charge on any atom is 0.225 e. The summed E-state index contributed by atoms with van der Waals surface area (Å²) in [7, 11) is 0. The molecule has 2 heterocycles. The van der Waals surface area contributed by atoms with Crippen molar-refractivity contribution in [1.29, 1.82) is 0 Å². The van der Waals surface area contributed by atoms with E-state index in [0.717, 1.165) is 24.9 Å². The molecule has 6 nitrogen and oxygen atoms in total. The van der Waals surface area contributed by atoms with E-state index in [1.807, 2.05) is 31.2 Å². The lowest BCUT2D eigenvalue weighted by molar-refractivity contribution is -0.134. The Hall–Kier alpha value is -2.37. The van der Waals surface area contributed by atoms with E-state index in [-0.39, 0.29) is 23.8 Å². The molecule has 0 radical (unpaired) electrons. The van der Waals surface area contributed by atoms with Crippen LogP contribution in [-0.4, -0.2) is 34.8 Å². The van der Waals surface area contributed by atoms with Crippen LogP contribution >= 0.6 is 0 Å². The predicted molar refractivity (Wildman–Crippen MR) is 85.5 cm³/mol. The molecule has 2 aromatic rings. The molecule has 23 heavy (non-hydrogen) atoms. The molecule has 2 amide bonds. The fourth-order valence-corrected chi connectivity index (χ4v) is 2.95. The molecule has 1 aromatic heterocycles. The largest absolute Gasteiger partial charge is 0.438 e. The van der Waals surface area contributed by atoms with Gasteiger partial charge in [-0.3, -0.25) is 9.59 Å². The second-order valence-corrected chi connectivity index (χ2v) is 6.05. The summed E-state index contributed by atoms with van der Waals surface area (Å²) < 4.78 is 5.69. The van der Waals surface area contributed by atoms with Gasteiger partial charge in [-0.2, -0.15) is 0 Å². The van der Waals surface area contributed by atoms with E-state index >= 15 is 0 Å². The molecule has 0 bridgehead atoms. The summed E-state index contributed by atoms with van der Waals surface area (Å²) in [4.78, 5) is 30.1.